The van der Waals surface area contributed by atoms with E-state index in [9.17, 15) is 36.4 Å². The molecule has 3 amide bonds. The van der Waals surface area contributed by atoms with Gasteiger partial charge in [-0.2, -0.15) is 23.5 Å². The molecule has 0 radical (unpaired) electrons. The number of nitrogens with one attached hydrogen (secondary N) is 2. The Morgan fingerprint density at radius 3 is 2.19 bits per heavy atom. The van der Waals surface area contributed by atoms with Gasteiger partial charge in [-0.05, 0) is 61.4 Å². The quantitative estimate of drug-likeness (QED) is 0.346. The van der Waals surface area contributed by atoms with Crippen molar-refractivity contribution in [2.45, 2.75) is 35.2 Å². The molecule has 3 aromatic rings. The Kier molecular flexibility index (Phi) is 8.17. The highest BCUT2D eigenvalue weighted by atomic mass is 32.2. The van der Waals surface area contributed by atoms with E-state index >= 15 is 0 Å². The second-order valence-corrected chi connectivity index (χ2v) is 11.4. The van der Waals surface area contributed by atoms with Gasteiger partial charge < -0.3 is 21.3 Å². The smallest absolute Gasteiger partial charge is 0.365 e. The van der Waals surface area contributed by atoms with E-state index < -0.39 is 31.7 Å². The van der Waals surface area contributed by atoms with Gasteiger partial charge in [-0.1, -0.05) is 5.92 Å². The minimum atomic E-state index is -5.54. The van der Waals surface area contributed by atoms with E-state index in [1.807, 2.05) is 0 Å². The molecule has 0 spiro atoms. The third kappa shape index (κ3) is 6.01. The first-order valence-electron chi connectivity index (χ1n) is 12.4. The van der Waals surface area contributed by atoms with Crippen LogP contribution in [0.3, 0.4) is 0 Å². The monoisotopic (exact) mass is 599 g/mol. The Morgan fingerprint density at radius 2 is 1.67 bits per heavy atom. The third-order valence-electron chi connectivity index (χ3n) is 6.89. The summed E-state index contributed by atoms with van der Waals surface area (Å²) >= 11 is 0. The van der Waals surface area contributed by atoms with Crippen molar-refractivity contribution in [3.8, 4) is 18.4 Å². The first kappa shape index (κ1) is 30.0. The number of urea groups is 1. The third-order valence-corrected chi connectivity index (χ3v) is 8.39. The highest BCUT2D eigenvalue weighted by Crippen LogP contribution is 2.36. The number of nitrogens with two attached hydrogens (primary N) is 1. The molecule has 4 N–H and O–H groups in total. The molecule has 1 aliphatic rings. The van der Waals surface area contributed by atoms with E-state index in [0.717, 1.165) is 24.3 Å². The lowest BCUT2D eigenvalue weighted by atomic mass is 9.85. The van der Waals surface area contributed by atoms with Crippen LogP contribution in [0.4, 0.5) is 35.2 Å². The second-order valence-electron chi connectivity index (χ2n) is 9.50. The summed E-state index contributed by atoms with van der Waals surface area (Å²) in [5.41, 5.74) is 0.492. The Bertz CT molecular complexity index is 1680. The van der Waals surface area contributed by atoms with Crippen LogP contribution in [0.5, 0.6) is 0 Å². The van der Waals surface area contributed by atoms with Gasteiger partial charge in [0, 0.05) is 36.2 Å². The second kappa shape index (κ2) is 11.5. The fourth-order valence-electron chi connectivity index (χ4n) is 4.49. The standard InChI is InChI=1S/C27H24F3N7O4S/c1-2-18-3-5-20(6-4-18)34-25(39)36-15-12-26(11-14-31,13-16-36)37-17-22(23(32)38)24(35-37)33-19-7-9-21(10-8-19)42(40,41)27(28,29)30/h1,3-10,17H,11-13,15-16H2,(H2,32,38)(H,33,35)(H,34,39). The summed E-state index contributed by atoms with van der Waals surface area (Å²) in [6, 6.07) is 12.3. The molecule has 2 aromatic carbocycles. The molecule has 218 valence electrons. The lowest BCUT2D eigenvalue weighted by Crippen LogP contribution is -2.49. The number of benzene rings is 2. The first-order valence-corrected chi connectivity index (χ1v) is 13.9. The normalized spacial score (nSPS) is 14.8. The predicted molar refractivity (Wildman–Crippen MR) is 146 cm³/mol. The van der Waals surface area contributed by atoms with Gasteiger partial charge in [0.15, 0.2) is 5.82 Å². The van der Waals surface area contributed by atoms with E-state index in [-0.39, 0.29) is 42.6 Å². The van der Waals surface area contributed by atoms with Gasteiger partial charge in [-0.15, -0.1) is 6.42 Å². The van der Waals surface area contributed by atoms with Crippen molar-refractivity contribution < 1.29 is 31.2 Å². The van der Waals surface area contributed by atoms with Crippen LogP contribution in [0.15, 0.2) is 59.6 Å². The number of carbonyl (C=O) groups is 2. The molecule has 15 heteroatoms. The van der Waals surface area contributed by atoms with Crippen LogP contribution >= 0.6 is 0 Å². The Balaban J connectivity index is 1.53. The number of amides is 3. The number of likely N-dealkylation sites (tertiary alicyclic amines) is 1. The number of sulfone groups is 1. The van der Waals surface area contributed by atoms with Gasteiger partial charge in [-0.25, -0.2) is 13.2 Å². The molecule has 2 heterocycles. The maximum absolute atomic E-state index is 12.9. The summed E-state index contributed by atoms with van der Waals surface area (Å²) < 4.78 is 63.3. The van der Waals surface area contributed by atoms with Crippen LogP contribution in [-0.2, 0) is 15.4 Å². The van der Waals surface area contributed by atoms with Gasteiger partial charge in [0.2, 0.25) is 0 Å². The number of rotatable bonds is 7. The number of hydrogen-bond acceptors (Lipinski definition) is 7. The number of halogens is 3. The molecule has 0 bridgehead atoms. The van der Waals surface area contributed by atoms with Crippen molar-refractivity contribution in [1.29, 1.82) is 5.26 Å². The molecule has 1 aliphatic heterocycles. The number of primary amides is 1. The molecule has 4 rings (SSSR count). The number of terminal acetylenes is 1. The maximum Gasteiger partial charge on any atom is 0.501 e. The lowest BCUT2D eigenvalue weighted by molar-refractivity contribution is -0.0436. The van der Waals surface area contributed by atoms with Crippen molar-refractivity contribution in [3.63, 3.8) is 0 Å². The van der Waals surface area contributed by atoms with Crippen molar-refractivity contribution in [1.82, 2.24) is 14.7 Å². The average molecular weight is 600 g/mol. The fraction of sp³-hybridized carbons (Fsp3) is 0.259. The Morgan fingerprint density at radius 1 is 1.07 bits per heavy atom. The van der Waals surface area contributed by atoms with E-state index in [0.29, 0.717) is 24.1 Å². The first-order chi connectivity index (χ1) is 19.8. The summed E-state index contributed by atoms with van der Waals surface area (Å²) in [5, 5.41) is 19.6. The SMILES string of the molecule is C#Cc1ccc(NC(=O)N2CCC(CC#N)(n3cc(C(N)=O)c(Nc4ccc(S(=O)(=O)C(F)(F)F)cc4)n3)CC2)cc1. The molecule has 42 heavy (non-hydrogen) atoms. The molecule has 0 atom stereocenters. The van der Waals surface area contributed by atoms with Crippen LogP contribution in [0, 0.1) is 23.7 Å². The van der Waals surface area contributed by atoms with Crippen LogP contribution in [0.2, 0.25) is 0 Å². The number of nitrogens with zero attached hydrogens (tertiary/aromatic N) is 4. The van der Waals surface area contributed by atoms with Crippen LogP contribution in [-0.4, -0.2) is 53.6 Å². The molecule has 0 saturated carbocycles. The number of aromatic nitrogens is 2. The van der Waals surface area contributed by atoms with E-state index in [1.54, 1.807) is 29.2 Å². The Hall–Kier alpha value is -5.02. The fourth-order valence-corrected chi connectivity index (χ4v) is 5.25. The molecule has 1 aromatic heterocycles. The molecule has 0 aliphatic carbocycles. The number of anilines is 3. The molecule has 1 fully saturated rings. The molecule has 1 saturated heterocycles. The van der Waals surface area contributed by atoms with E-state index in [4.69, 9.17) is 12.2 Å². The van der Waals surface area contributed by atoms with Gasteiger partial charge in [0.25, 0.3) is 15.7 Å². The molecular formula is C27H24F3N7O4S. The summed E-state index contributed by atoms with van der Waals surface area (Å²) in [7, 11) is -5.54. The number of alkyl halides is 3. The summed E-state index contributed by atoms with van der Waals surface area (Å²) in [5.74, 6) is 1.59. The van der Waals surface area contributed by atoms with Gasteiger partial charge in [-0.3, -0.25) is 9.48 Å². The summed E-state index contributed by atoms with van der Waals surface area (Å²) in [6.45, 7) is 0.527. The predicted octanol–water partition coefficient (Wildman–Crippen LogP) is 3.94. The minimum absolute atomic E-state index is 0.000664. The van der Waals surface area contributed by atoms with Crippen molar-refractivity contribution in [2.24, 2.45) is 5.73 Å². The van der Waals surface area contributed by atoms with Crippen LogP contribution in [0.25, 0.3) is 0 Å². The topological polar surface area (TPSA) is 163 Å². The zero-order valence-corrected chi connectivity index (χ0v) is 22.7. The van der Waals surface area contributed by atoms with Crippen molar-refractivity contribution in [2.75, 3.05) is 23.7 Å². The Labute approximate surface area is 239 Å². The highest BCUT2D eigenvalue weighted by Gasteiger charge is 2.46. The van der Waals surface area contributed by atoms with Crippen LogP contribution in [0.1, 0.15) is 35.2 Å². The van der Waals surface area contributed by atoms with Crippen molar-refractivity contribution in [3.05, 3.63) is 65.9 Å². The average Bonchev–Trinajstić information content (AvgIpc) is 3.38. The maximum atomic E-state index is 12.9. The van der Waals surface area contributed by atoms with Crippen LogP contribution < -0.4 is 16.4 Å². The van der Waals surface area contributed by atoms with Gasteiger partial charge >= 0.3 is 11.5 Å². The van der Waals surface area contributed by atoms with E-state index in [1.165, 1.54) is 10.9 Å². The number of carbonyl (C=O) groups excluding carboxylic acids is 2. The lowest BCUT2D eigenvalue weighted by Gasteiger charge is -2.40. The molecule has 11 nitrogen and oxygen atoms in total. The molecule has 0 unspecified atom stereocenters. The number of hydrogen-bond donors (Lipinski definition) is 3. The summed E-state index contributed by atoms with van der Waals surface area (Å²) in [6.07, 6.45) is 7.35. The van der Waals surface area contributed by atoms with Gasteiger partial charge in [0.05, 0.1) is 22.9 Å². The molecular weight excluding hydrogens is 575 g/mol. The van der Waals surface area contributed by atoms with Crippen molar-refractivity contribution >= 4 is 39.0 Å². The largest absolute Gasteiger partial charge is 0.501 e. The van der Waals surface area contributed by atoms with E-state index in [2.05, 4.69) is 27.7 Å². The number of nitriles is 1. The van der Waals surface area contributed by atoms with Gasteiger partial charge in [0.1, 0.15) is 5.56 Å². The zero-order chi connectivity index (χ0) is 30.7. The minimum Gasteiger partial charge on any atom is -0.365 e. The summed E-state index contributed by atoms with van der Waals surface area (Å²) in [4.78, 5) is 25.7. The highest BCUT2D eigenvalue weighted by molar-refractivity contribution is 7.92. The zero-order valence-electron chi connectivity index (χ0n) is 21.9. The number of piperidine rings is 1.